The van der Waals surface area contributed by atoms with Crippen LogP contribution in [0.2, 0.25) is 0 Å². The Bertz CT molecular complexity index is 276. The molecule has 0 spiro atoms. The number of ketones is 1. The Kier molecular flexibility index (Phi) is 2.65. The van der Waals surface area contributed by atoms with Crippen molar-refractivity contribution in [3.63, 3.8) is 0 Å². The smallest absolute Gasteiger partial charge is 0.175 e. The molecule has 12 heavy (non-hydrogen) atoms. The van der Waals surface area contributed by atoms with Gasteiger partial charge in [0, 0.05) is 19.2 Å². The Balaban J connectivity index is 2.71. The molecular formula is C9H14N2O. The van der Waals surface area contributed by atoms with E-state index in [4.69, 9.17) is 0 Å². The lowest BCUT2D eigenvalue weighted by atomic mass is 10.3. The molecule has 1 aromatic heterocycles. The number of Topliss-reactive ketones (excluding diaryl/α,β-unsaturated/α-hetero) is 1. The van der Waals surface area contributed by atoms with E-state index in [1.807, 2.05) is 26.2 Å². The van der Waals surface area contributed by atoms with Gasteiger partial charge in [-0.25, -0.2) is 0 Å². The maximum atomic E-state index is 10.9. The molecule has 0 aliphatic heterocycles. The summed E-state index contributed by atoms with van der Waals surface area (Å²) < 4.78 is 0. The molecule has 1 N–H and O–H groups in total. The van der Waals surface area contributed by atoms with Crippen molar-refractivity contribution >= 4 is 5.78 Å². The van der Waals surface area contributed by atoms with E-state index in [0.29, 0.717) is 5.69 Å². The van der Waals surface area contributed by atoms with E-state index in [2.05, 4.69) is 9.88 Å². The van der Waals surface area contributed by atoms with Gasteiger partial charge in [-0.15, -0.1) is 0 Å². The number of carbonyl (C=O) groups is 1. The molecule has 0 unspecified atom stereocenters. The van der Waals surface area contributed by atoms with E-state index in [-0.39, 0.29) is 5.78 Å². The lowest BCUT2D eigenvalue weighted by Gasteiger charge is -2.06. The number of hydrogen-bond acceptors (Lipinski definition) is 2. The Morgan fingerprint density at radius 1 is 1.50 bits per heavy atom. The van der Waals surface area contributed by atoms with Crippen molar-refractivity contribution in [1.29, 1.82) is 0 Å². The highest BCUT2D eigenvalue weighted by Gasteiger charge is 2.02. The molecule has 0 atom stereocenters. The third-order valence-corrected chi connectivity index (χ3v) is 1.61. The van der Waals surface area contributed by atoms with Crippen LogP contribution < -0.4 is 0 Å². The maximum Gasteiger partial charge on any atom is 0.175 e. The highest BCUT2D eigenvalue weighted by atomic mass is 16.1. The number of carbonyl (C=O) groups excluding carboxylic acids is 1. The van der Waals surface area contributed by atoms with Crippen LogP contribution >= 0.6 is 0 Å². The summed E-state index contributed by atoms with van der Waals surface area (Å²) in [6, 6.07) is 3.76. The van der Waals surface area contributed by atoms with Crippen LogP contribution in [0.25, 0.3) is 0 Å². The van der Waals surface area contributed by atoms with Crippen molar-refractivity contribution in [2.45, 2.75) is 13.5 Å². The van der Waals surface area contributed by atoms with Crippen molar-refractivity contribution < 1.29 is 4.79 Å². The van der Waals surface area contributed by atoms with Gasteiger partial charge in [-0.2, -0.15) is 0 Å². The van der Waals surface area contributed by atoms with Gasteiger partial charge in [0.25, 0.3) is 0 Å². The Morgan fingerprint density at radius 3 is 2.58 bits per heavy atom. The van der Waals surface area contributed by atoms with E-state index in [9.17, 15) is 4.79 Å². The first-order chi connectivity index (χ1) is 5.59. The monoisotopic (exact) mass is 166 g/mol. The third kappa shape index (κ3) is 2.20. The highest BCUT2D eigenvalue weighted by molar-refractivity contribution is 5.92. The van der Waals surface area contributed by atoms with Gasteiger partial charge in [0.05, 0.1) is 5.69 Å². The minimum absolute atomic E-state index is 0.0833. The summed E-state index contributed by atoms with van der Waals surface area (Å²) in [4.78, 5) is 16.0. The van der Waals surface area contributed by atoms with Gasteiger partial charge in [0.1, 0.15) is 0 Å². The predicted molar refractivity (Wildman–Crippen MR) is 48.2 cm³/mol. The van der Waals surface area contributed by atoms with Gasteiger partial charge < -0.3 is 9.88 Å². The fourth-order valence-electron chi connectivity index (χ4n) is 1.08. The average molecular weight is 166 g/mol. The number of rotatable bonds is 3. The van der Waals surface area contributed by atoms with E-state index in [1.54, 1.807) is 6.92 Å². The first-order valence-corrected chi connectivity index (χ1v) is 3.93. The standard InChI is InChI=1S/C9H14N2O/c1-7(12)9-5-4-8(10-9)6-11(2)3/h4-5,10H,6H2,1-3H3. The fraction of sp³-hybridized carbons (Fsp3) is 0.444. The number of aromatic amines is 1. The van der Waals surface area contributed by atoms with Crippen LogP contribution in [0.3, 0.4) is 0 Å². The van der Waals surface area contributed by atoms with Crippen LogP contribution in [0.1, 0.15) is 23.1 Å². The zero-order chi connectivity index (χ0) is 9.14. The summed E-state index contributed by atoms with van der Waals surface area (Å²) in [5.74, 6) is 0.0833. The van der Waals surface area contributed by atoms with Crippen molar-refractivity contribution in [2.75, 3.05) is 14.1 Å². The van der Waals surface area contributed by atoms with Gasteiger partial charge in [-0.1, -0.05) is 0 Å². The van der Waals surface area contributed by atoms with E-state index in [1.165, 1.54) is 0 Å². The molecule has 0 aliphatic rings. The molecule has 0 bridgehead atoms. The Morgan fingerprint density at radius 2 is 2.17 bits per heavy atom. The summed E-state index contributed by atoms with van der Waals surface area (Å²) in [6.07, 6.45) is 0. The minimum Gasteiger partial charge on any atom is -0.355 e. The van der Waals surface area contributed by atoms with Crippen LogP contribution in [0.4, 0.5) is 0 Å². The van der Waals surface area contributed by atoms with Gasteiger partial charge in [0.2, 0.25) is 0 Å². The van der Waals surface area contributed by atoms with Crippen LogP contribution in [-0.4, -0.2) is 29.8 Å². The molecule has 0 amide bonds. The molecule has 0 radical (unpaired) electrons. The number of H-pyrrole nitrogens is 1. The molecular weight excluding hydrogens is 152 g/mol. The molecule has 0 saturated heterocycles. The van der Waals surface area contributed by atoms with Gasteiger partial charge >= 0.3 is 0 Å². The molecule has 0 saturated carbocycles. The van der Waals surface area contributed by atoms with E-state index in [0.717, 1.165) is 12.2 Å². The zero-order valence-electron chi connectivity index (χ0n) is 7.72. The summed E-state index contributed by atoms with van der Waals surface area (Å²) in [5.41, 5.74) is 1.76. The summed E-state index contributed by atoms with van der Waals surface area (Å²) in [7, 11) is 3.99. The Hall–Kier alpha value is -1.09. The number of hydrogen-bond donors (Lipinski definition) is 1. The molecule has 0 aliphatic carbocycles. The summed E-state index contributed by atoms with van der Waals surface area (Å²) in [5, 5.41) is 0. The Labute approximate surface area is 72.4 Å². The number of aromatic nitrogens is 1. The van der Waals surface area contributed by atoms with Crippen molar-refractivity contribution in [2.24, 2.45) is 0 Å². The molecule has 0 fully saturated rings. The fourth-order valence-corrected chi connectivity index (χ4v) is 1.08. The molecule has 1 rings (SSSR count). The normalized spacial score (nSPS) is 10.7. The molecule has 3 nitrogen and oxygen atoms in total. The number of nitrogens with one attached hydrogen (secondary N) is 1. The second-order valence-corrected chi connectivity index (χ2v) is 3.19. The topological polar surface area (TPSA) is 36.1 Å². The van der Waals surface area contributed by atoms with Crippen molar-refractivity contribution in [3.8, 4) is 0 Å². The van der Waals surface area contributed by atoms with E-state index >= 15 is 0 Å². The lowest BCUT2D eigenvalue weighted by Crippen LogP contribution is -2.11. The van der Waals surface area contributed by atoms with Crippen LogP contribution in [0.15, 0.2) is 12.1 Å². The second-order valence-electron chi connectivity index (χ2n) is 3.19. The predicted octanol–water partition coefficient (Wildman–Crippen LogP) is 1.28. The second kappa shape index (κ2) is 3.54. The van der Waals surface area contributed by atoms with Gasteiger partial charge in [0.15, 0.2) is 5.78 Å². The largest absolute Gasteiger partial charge is 0.355 e. The van der Waals surface area contributed by atoms with Crippen LogP contribution in [-0.2, 0) is 6.54 Å². The first-order valence-electron chi connectivity index (χ1n) is 3.93. The zero-order valence-corrected chi connectivity index (χ0v) is 7.72. The SMILES string of the molecule is CC(=O)c1ccc(CN(C)C)[nH]1. The van der Waals surface area contributed by atoms with E-state index < -0.39 is 0 Å². The number of nitrogens with zero attached hydrogens (tertiary/aromatic N) is 1. The molecule has 0 aromatic carbocycles. The summed E-state index contributed by atoms with van der Waals surface area (Å²) >= 11 is 0. The highest BCUT2D eigenvalue weighted by Crippen LogP contribution is 2.03. The van der Waals surface area contributed by atoms with Crippen molar-refractivity contribution in [1.82, 2.24) is 9.88 Å². The van der Waals surface area contributed by atoms with Crippen molar-refractivity contribution in [3.05, 3.63) is 23.5 Å². The first kappa shape index (κ1) is 9.00. The molecule has 1 heterocycles. The molecule has 66 valence electrons. The summed E-state index contributed by atoms with van der Waals surface area (Å²) in [6.45, 7) is 2.40. The maximum absolute atomic E-state index is 10.9. The molecule has 3 heteroatoms. The van der Waals surface area contributed by atoms with Crippen LogP contribution in [0, 0.1) is 0 Å². The molecule has 1 aromatic rings. The quantitative estimate of drug-likeness (QED) is 0.686. The van der Waals surface area contributed by atoms with Gasteiger partial charge in [-0.3, -0.25) is 4.79 Å². The lowest BCUT2D eigenvalue weighted by molar-refractivity contribution is 0.101. The average Bonchev–Trinajstić information content (AvgIpc) is 2.34. The van der Waals surface area contributed by atoms with Crippen LogP contribution in [0.5, 0.6) is 0 Å². The van der Waals surface area contributed by atoms with Gasteiger partial charge in [-0.05, 0) is 26.2 Å². The minimum atomic E-state index is 0.0833. The third-order valence-electron chi connectivity index (χ3n) is 1.61.